The normalized spacial score (nSPS) is 17.6. The van der Waals surface area contributed by atoms with Gasteiger partial charge in [0.2, 0.25) is 5.91 Å². The van der Waals surface area contributed by atoms with Crippen molar-refractivity contribution in [3.8, 4) is 5.75 Å². The molecule has 4 heteroatoms. The van der Waals surface area contributed by atoms with Gasteiger partial charge in [-0.1, -0.05) is 62.4 Å². The van der Waals surface area contributed by atoms with Crippen LogP contribution >= 0.6 is 0 Å². The lowest BCUT2D eigenvalue weighted by Gasteiger charge is -2.39. The highest BCUT2D eigenvalue weighted by Gasteiger charge is 2.35. The Morgan fingerprint density at radius 2 is 1.87 bits per heavy atom. The van der Waals surface area contributed by atoms with E-state index in [1.165, 1.54) is 16.7 Å². The summed E-state index contributed by atoms with van der Waals surface area (Å²) in [5.41, 5.74) is 3.34. The van der Waals surface area contributed by atoms with Gasteiger partial charge in [-0.05, 0) is 53.5 Å². The summed E-state index contributed by atoms with van der Waals surface area (Å²) in [6, 6.07) is 16.1. The van der Waals surface area contributed by atoms with Crippen molar-refractivity contribution < 1.29 is 14.6 Å². The Labute approximate surface area is 180 Å². The highest BCUT2D eigenvalue weighted by atomic mass is 16.5. The Bertz CT molecular complexity index is 885. The van der Waals surface area contributed by atoms with Crippen molar-refractivity contribution in [1.82, 2.24) is 4.90 Å². The van der Waals surface area contributed by atoms with Gasteiger partial charge in [-0.25, -0.2) is 0 Å². The molecular formula is C26H33NO3. The number of aliphatic hydroxyl groups is 1. The highest BCUT2D eigenvalue weighted by molar-refractivity contribution is 5.77. The van der Waals surface area contributed by atoms with Gasteiger partial charge in [0, 0.05) is 13.0 Å². The molecule has 0 radical (unpaired) electrons. The minimum Gasteiger partial charge on any atom is -0.497 e. The van der Waals surface area contributed by atoms with Gasteiger partial charge >= 0.3 is 0 Å². The van der Waals surface area contributed by atoms with Crippen LogP contribution in [0.1, 0.15) is 43.9 Å². The summed E-state index contributed by atoms with van der Waals surface area (Å²) in [5, 5.41) is 9.94. The predicted octanol–water partition coefficient (Wildman–Crippen LogP) is 4.50. The van der Waals surface area contributed by atoms with Crippen molar-refractivity contribution in [3.63, 3.8) is 0 Å². The zero-order valence-corrected chi connectivity index (χ0v) is 18.5. The van der Waals surface area contributed by atoms with Crippen LogP contribution in [0, 0.1) is 5.92 Å². The molecule has 1 N–H and O–H groups in total. The van der Waals surface area contributed by atoms with Gasteiger partial charge in [0.05, 0.1) is 19.8 Å². The molecule has 1 aliphatic rings. The Hall–Kier alpha value is -2.59. The number of amides is 1. The first kappa shape index (κ1) is 22.1. The van der Waals surface area contributed by atoms with Crippen LogP contribution in [0.3, 0.4) is 0 Å². The molecule has 0 fully saturated rings. The van der Waals surface area contributed by atoms with Crippen LogP contribution in [0.15, 0.2) is 60.7 Å². The molecule has 2 aromatic carbocycles. The number of hydrogen-bond donors (Lipinski definition) is 1. The van der Waals surface area contributed by atoms with E-state index in [1.807, 2.05) is 42.2 Å². The third kappa shape index (κ3) is 4.59. The van der Waals surface area contributed by atoms with E-state index < -0.39 is 0 Å². The lowest BCUT2D eigenvalue weighted by Crippen LogP contribution is -2.47. The van der Waals surface area contributed by atoms with E-state index in [-0.39, 0.29) is 29.9 Å². The lowest BCUT2D eigenvalue weighted by molar-refractivity contribution is -0.136. The van der Waals surface area contributed by atoms with E-state index in [2.05, 4.69) is 44.2 Å². The second kappa shape index (κ2) is 9.48. The second-order valence-corrected chi connectivity index (χ2v) is 8.62. The van der Waals surface area contributed by atoms with Crippen molar-refractivity contribution in [1.29, 1.82) is 0 Å². The summed E-state index contributed by atoms with van der Waals surface area (Å²) in [4.78, 5) is 15.3. The molecule has 2 aromatic rings. The summed E-state index contributed by atoms with van der Waals surface area (Å²) in [6.07, 6.45) is 5.27. The van der Waals surface area contributed by atoms with E-state index in [1.54, 1.807) is 7.11 Å². The fourth-order valence-corrected chi connectivity index (χ4v) is 4.38. The molecule has 0 aromatic heterocycles. The smallest absolute Gasteiger partial charge is 0.223 e. The van der Waals surface area contributed by atoms with Crippen molar-refractivity contribution in [2.24, 2.45) is 5.92 Å². The summed E-state index contributed by atoms with van der Waals surface area (Å²) >= 11 is 0. The number of nitrogens with zero attached hydrogens (tertiary/aromatic N) is 1. The van der Waals surface area contributed by atoms with Crippen LogP contribution < -0.4 is 4.74 Å². The van der Waals surface area contributed by atoms with E-state index in [9.17, 15) is 9.90 Å². The number of aliphatic hydroxyl groups excluding tert-OH is 1. The molecule has 2 atom stereocenters. The Kier molecular flexibility index (Phi) is 6.99. The van der Waals surface area contributed by atoms with Gasteiger partial charge in [-0.3, -0.25) is 4.79 Å². The first-order chi connectivity index (χ1) is 14.4. The summed E-state index contributed by atoms with van der Waals surface area (Å²) in [7, 11) is 1.66. The minimum absolute atomic E-state index is 0.0176. The van der Waals surface area contributed by atoms with Gasteiger partial charge < -0.3 is 14.7 Å². The number of ether oxygens (including phenoxy) is 1. The number of rotatable bonds is 7. The van der Waals surface area contributed by atoms with Crippen LogP contribution in [0.5, 0.6) is 5.75 Å². The molecule has 0 spiro atoms. The zero-order chi connectivity index (χ0) is 21.7. The number of hydrogen-bond acceptors (Lipinski definition) is 3. The van der Waals surface area contributed by atoms with Crippen LogP contribution in [0.25, 0.3) is 0 Å². The van der Waals surface area contributed by atoms with Gasteiger partial charge in [-0.2, -0.15) is 0 Å². The largest absolute Gasteiger partial charge is 0.497 e. The molecule has 0 unspecified atom stereocenters. The molecule has 0 saturated heterocycles. The van der Waals surface area contributed by atoms with Crippen LogP contribution in [-0.2, 0) is 23.2 Å². The minimum atomic E-state index is -0.225. The fourth-order valence-electron chi connectivity index (χ4n) is 4.38. The van der Waals surface area contributed by atoms with Crippen LogP contribution in [0.2, 0.25) is 0 Å². The molecule has 1 heterocycles. The molecule has 160 valence electrons. The molecule has 1 aliphatic heterocycles. The maximum atomic E-state index is 13.4. The number of allylic oxidation sites excluding steroid dienone is 2. The molecule has 1 amide bonds. The molecule has 3 rings (SSSR count). The predicted molar refractivity (Wildman–Crippen MR) is 121 cm³/mol. The second-order valence-electron chi connectivity index (χ2n) is 8.62. The number of carbonyl (C=O) groups is 1. The third-order valence-corrected chi connectivity index (χ3v) is 6.47. The number of carbonyl (C=O) groups excluding carboxylic acids is 1. The molecule has 0 bridgehead atoms. The fraction of sp³-hybridized carbons (Fsp3) is 0.423. The van der Waals surface area contributed by atoms with Gasteiger partial charge in [0.25, 0.3) is 0 Å². The maximum absolute atomic E-state index is 13.4. The number of fused-ring (bicyclic) bond motifs is 1. The van der Waals surface area contributed by atoms with E-state index in [0.29, 0.717) is 19.4 Å². The van der Waals surface area contributed by atoms with E-state index in [4.69, 9.17) is 4.74 Å². The first-order valence-electron chi connectivity index (χ1n) is 10.6. The average molecular weight is 408 g/mol. The summed E-state index contributed by atoms with van der Waals surface area (Å²) in [6.45, 7) is 6.90. The SMILES string of the molecule is C/C=C/[C@H](CC(=O)N1Cc2ccccc2C[C@H]1CO)C(C)(C)c1ccc(OC)cc1. The van der Waals surface area contributed by atoms with Crippen LogP contribution in [0.4, 0.5) is 0 Å². The highest BCUT2D eigenvalue weighted by Crippen LogP contribution is 2.37. The van der Waals surface area contributed by atoms with Crippen molar-refractivity contribution in [2.75, 3.05) is 13.7 Å². The molecular weight excluding hydrogens is 374 g/mol. The average Bonchev–Trinajstić information content (AvgIpc) is 2.77. The van der Waals surface area contributed by atoms with E-state index >= 15 is 0 Å². The summed E-state index contributed by atoms with van der Waals surface area (Å²) < 4.78 is 5.29. The number of benzene rings is 2. The van der Waals surface area contributed by atoms with Crippen molar-refractivity contribution in [3.05, 3.63) is 77.4 Å². The third-order valence-electron chi connectivity index (χ3n) is 6.47. The Balaban J connectivity index is 1.82. The summed E-state index contributed by atoms with van der Waals surface area (Å²) in [5.74, 6) is 0.958. The number of methoxy groups -OCH3 is 1. The zero-order valence-electron chi connectivity index (χ0n) is 18.5. The molecule has 4 nitrogen and oxygen atoms in total. The lowest BCUT2D eigenvalue weighted by atomic mass is 9.71. The quantitative estimate of drug-likeness (QED) is 0.688. The Morgan fingerprint density at radius 1 is 1.20 bits per heavy atom. The van der Waals surface area contributed by atoms with Crippen LogP contribution in [-0.4, -0.2) is 35.7 Å². The van der Waals surface area contributed by atoms with Crippen molar-refractivity contribution >= 4 is 5.91 Å². The van der Waals surface area contributed by atoms with E-state index in [0.717, 1.165) is 5.75 Å². The standard InChI is InChI=1S/C26H33NO3/c1-5-8-22(26(2,3)21-11-13-24(30-4)14-12-21)16-25(29)27-17-20-10-7-6-9-19(20)15-23(27)18-28/h5-14,22-23,28H,15-18H2,1-4H3/b8-5+/t22-,23+/m1/s1. The Morgan fingerprint density at radius 3 is 2.47 bits per heavy atom. The maximum Gasteiger partial charge on any atom is 0.223 e. The molecule has 30 heavy (non-hydrogen) atoms. The van der Waals surface area contributed by atoms with Gasteiger partial charge in [0.15, 0.2) is 0 Å². The first-order valence-corrected chi connectivity index (χ1v) is 10.6. The molecule has 0 saturated carbocycles. The van der Waals surface area contributed by atoms with Crippen molar-refractivity contribution in [2.45, 2.75) is 51.6 Å². The topological polar surface area (TPSA) is 49.8 Å². The molecule has 0 aliphatic carbocycles. The van der Waals surface area contributed by atoms with Gasteiger partial charge in [-0.15, -0.1) is 0 Å². The van der Waals surface area contributed by atoms with Gasteiger partial charge in [0.1, 0.15) is 5.75 Å². The monoisotopic (exact) mass is 407 g/mol.